The summed E-state index contributed by atoms with van der Waals surface area (Å²) in [5.74, 6) is 1.34. The standard InChI is InChI=1S/C26H32Cl2N4O4S/c1-5-6-7-14-36-21-11-10-20(23(27)15-21)16-32-19(3)29-25(28)24(32)17-31(4)26(33)30-37(34,35)22-12-8-18(2)9-13-22/h8-13,15H,5-7,14,16-17H2,1-4H3,(H,30,33). The quantitative estimate of drug-likeness (QED) is 0.289. The van der Waals surface area contributed by atoms with Gasteiger partial charge >= 0.3 is 6.03 Å². The number of nitrogens with one attached hydrogen (secondary N) is 1. The lowest BCUT2D eigenvalue weighted by molar-refractivity contribution is 0.211. The van der Waals surface area contributed by atoms with Crippen molar-refractivity contribution in [3.8, 4) is 5.75 Å². The summed E-state index contributed by atoms with van der Waals surface area (Å²) in [6, 6.07) is 11.0. The van der Waals surface area contributed by atoms with E-state index < -0.39 is 16.1 Å². The predicted molar refractivity (Wildman–Crippen MR) is 146 cm³/mol. The van der Waals surface area contributed by atoms with Crippen LogP contribution in [0.25, 0.3) is 0 Å². The second-order valence-corrected chi connectivity index (χ2v) is 11.3. The van der Waals surface area contributed by atoms with E-state index in [0.717, 1.165) is 30.4 Å². The topological polar surface area (TPSA) is 93.5 Å². The average Bonchev–Trinajstić information content (AvgIpc) is 3.10. The molecule has 0 unspecified atom stereocenters. The number of aryl methyl sites for hydroxylation is 2. The van der Waals surface area contributed by atoms with Crippen LogP contribution in [-0.4, -0.2) is 42.6 Å². The summed E-state index contributed by atoms with van der Waals surface area (Å²) < 4.78 is 35.0. The molecule has 37 heavy (non-hydrogen) atoms. The fraction of sp³-hybridized carbons (Fsp3) is 0.385. The van der Waals surface area contributed by atoms with Crippen LogP contribution in [0, 0.1) is 13.8 Å². The molecule has 0 saturated heterocycles. The van der Waals surface area contributed by atoms with Gasteiger partial charge in [0.1, 0.15) is 11.6 Å². The van der Waals surface area contributed by atoms with E-state index in [1.54, 1.807) is 25.1 Å². The van der Waals surface area contributed by atoms with E-state index in [2.05, 4.69) is 16.6 Å². The normalized spacial score (nSPS) is 11.4. The van der Waals surface area contributed by atoms with Gasteiger partial charge in [0, 0.05) is 12.1 Å². The Balaban J connectivity index is 1.72. The number of halogens is 2. The van der Waals surface area contributed by atoms with Crippen molar-refractivity contribution in [3.05, 3.63) is 75.3 Å². The zero-order chi connectivity index (χ0) is 27.2. The molecule has 1 heterocycles. The van der Waals surface area contributed by atoms with Crippen molar-refractivity contribution in [1.82, 2.24) is 19.2 Å². The first-order valence-corrected chi connectivity index (χ1v) is 14.2. The van der Waals surface area contributed by atoms with Crippen LogP contribution < -0.4 is 9.46 Å². The molecule has 1 aromatic heterocycles. The van der Waals surface area contributed by atoms with Crippen molar-refractivity contribution in [1.29, 1.82) is 0 Å². The molecule has 0 fully saturated rings. The zero-order valence-corrected chi connectivity index (χ0v) is 23.8. The highest BCUT2D eigenvalue weighted by molar-refractivity contribution is 7.90. The molecule has 200 valence electrons. The van der Waals surface area contributed by atoms with E-state index in [4.69, 9.17) is 27.9 Å². The molecule has 0 aliphatic rings. The first-order valence-electron chi connectivity index (χ1n) is 12.0. The second kappa shape index (κ2) is 12.7. The number of unbranched alkanes of at least 4 members (excludes halogenated alkanes) is 2. The fourth-order valence-corrected chi connectivity index (χ4v) is 5.17. The third kappa shape index (κ3) is 7.63. The fourth-order valence-electron chi connectivity index (χ4n) is 3.66. The van der Waals surface area contributed by atoms with Gasteiger partial charge in [0.2, 0.25) is 0 Å². The molecule has 0 saturated carbocycles. The minimum Gasteiger partial charge on any atom is -0.494 e. The van der Waals surface area contributed by atoms with Gasteiger partial charge in [-0.05, 0) is 50.1 Å². The molecule has 3 aromatic rings. The minimum absolute atomic E-state index is 0.00574. The Hall–Kier alpha value is -2.75. The average molecular weight is 568 g/mol. The van der Waals surface area contributed by atoms with Crippen LogP contribution in [0.2, 0.25) is 10.2 Å². The lowest BCUT2D eigenvalue weighted by Crippen LogP contribution is -2.40. The number of carbonyl (C=O) groups excluding carboxylic acids is 1. The molecule has 0 bridgehead atoms. The van der Waals surface area contributed by atoms with Gasteiger partial charge in [-0.1, -0.05) is 66.7 Å². The third-order valence-corrected chi connectivity index (χ3v) is 7.86. The molecule has 0 atom stereocenters. The molecule has 11 heteroatoms. The van der Waals surface area contributed by atoms with Crippen LogP contribution in [0.4, 0.5) is 4.79 Å². The number of hydrogen-bond donors (Lipinski definition) is 1. The first kappa shape index (κ1) is 28.8. The molecule has 2 aromatic carbocycles. The Kier molecular flexibility index (Phi) is 9.87. The van der Waals surface area contributed by atoms with Gasteiger partial charge in [-0.2, -0.15) is 0 Å². The third-order valence-electron chi connectivity index (χ3n) is 5.87. The number of imidazole rings is 1. The zero-order valence-electron chi connectivity index (χ0n) is 21.4. The van der Waals surface area contributed by atoms with Crippen LogP contribution in [0.15, 0.2) is 47.4 Å². The molecular formula is C26H32Cl2N4O4S. The summed E-state index contributed by atoms with van der Waals surface area (Å²) >= 11 is 12.9. The lowest BCUT2D eigenvalue weighted by atomic mass is 10.2. The highest BCUT2D eigenvalue weighted by Gasteiger charge is 2.23. The summed E-state index contributed by atoms with van der Waals surface area (Å²) in [7, 11) is -2.54. The van der Waals surface area contributed by atoms with Crippen molar-refractivity contribution in [2.24, 2.45) is 0 Å². The Morgan fingerprint density at radius 1 is 1.11 bits per heavy atom. The van der Waals surface area contributed by atoms with Crippen LogP contribution in [0.5, 0.6) is 5.75 Å². The summed E-state index contributed by atoms with van der Waals surface area (Å²) in [6.07, 6.45) is 3.22. The maximum atomic E-state index is 12.7. The van der Waals surface area contributed by atoms with Crippen molar-refractivity contribution in [2.75, 3.05) is 13.7 Å². The second-order valence-electron chi connectivity index (χ2n) is 8.87. The van der Waals surface area contributed by atoms with Crippen molar-refractivity contribution >= 4 is 39.3 Å². The maximum absolute atomic E-state index is 12.7. The van der Waals surface area contributed by atoms with E-state index in [1.165, 1.54) is 24.1 Å². The van der Waals surface area contributed by atoms with E-state index in [0.29, 0.717) is 35.4 Å². The van der Waals surface area contributed by atoms with Crippen LogP contribution in [0.1, 0.15) is 48.8 Å². The number of benzene rings is 2. The number of amides is 2. The largest absolute Gasteiger partial charge is 0.494 e. The van der Waals surface area contributed by atoms with Crippen LogP contribution in [-0.2, 0) is 23.1 Å². The van der Waals surface area contributed by atoms with Gasteiger partial charge in [0.15, 0.2) is 5.15 Å². The predicted octanol–water partition coefficient (Wildman–Crippen LogP) is 5.95. The van der Waals surface area contributed by atoms with Crippen molar-refractivity contribution in [3.63, 3.8) is 0 Å². The molecule has 8 nitrogen and oxygen atoms in total. The number of sulfonamides is 1. The van der Waals surface area contributed by atoms with E-state index in [-0.39, 0.29) is 16.6 Å². The maximum Gasteiger partial charge on any atom is 0.331 e. The Labute approximate surface area is 228 Å². The number of carbonyl (C=O) groups is 1. The van der Waals surface area contributed by atoms with E-state index in [1.807, 2.05) is 23.6 Å². The summed E-state index contributed by atoms with van der Waals surface area (Å²) in [4.78, 5) is 18.3. The van der Waals surface area contributed by atoms with Gasteiger partial charge in [0.25, 0.3) is 10.0 Å². The van der Waals surface area contributed by atoms with Gasteiger partial charge in [0.05, 0.1) is 30.3 Å². The minimum atomic E-state index is -4.02. The number of ether oxygens (including phenoxy) is 1. The monoisotopic (exact) mass is 566 g/mol. The summed E-state index contributed by atoms with van der Waals surface area (Å²) in [5.41, 5.74) is 2.30. The number of rotatable bonds is 11. The van der Waals surface area contributed by atoms with Crippen molar-refractivity contribution in [2.45, 2.75) is 58.0 Å². The van der Waals surface area contributed by atoms with E-state index >= 15 is 0 Å². The highest BCUT2D eigenvalue weighted by atomic mass is 35.5. The molecule has 0 aliphatic carbocycles. The number of urea groups is 1. The molecule has 3 rings (SSSR count). The van der Waals surface area contributed by atoms with E-state index in [9.17, 15) is 13.2 Å². The number of hydrogen-bond acceptors (Lipinski definition) is 5. The van der Waals surface area contributed by atoms with Crippen molar-refractivity contribution < 1.29 is 17.9 Å². The van der Waals surface area contributed by atoms with Gasteiger partial charge in [-0.25, -0.2) is 22.9 Å². The Morgan fingerprint density at radius 2 is 1.81 bits per heavy atom. The van der Waals surface area contributed by atoms with Gasteiger partial charge in [-0.3, -0.25) is 0 Å². The van der Waals surface area contributed by atoms with Gasteiger partial charge in [-0.15, -0.1) is 0 Å². The Morgan fingerprint density at radius 3 is 2.46 bits per heavy atom. The number of aromatic nitrogens is 2. The molecule has 0 aliphatic heterocycles. The highest BCUT2D eigenvalue weighted by Crippen LogP contribution is 2.27. The smallest absolute Gasteiger partial charge is 0.331 e. The van der Waals surface area contributed by atoms with Crippen LogP contribution in [0.3, 0.4) is 0 Å². The SMILES string of the molecule is CCCCCOc1ccc(Cn2c(C)nc(Cl)c2CN(C)C(=O)NS(=O)(=O)c2ccc(C)cc2)c(Cl)c1. The lowest BCUT2D eigenvalue weighted by Gasteiger charge is -2.20. The summed E-state index contributed by atoms with van der Waals surface area (Å²) in [6.45, 7) is 6.83. The van der Waals surface area contributed by atoms with Gasteiger partial charge < -0.3 is 14.2 Å². The summed E-state index contributed by atoms with van der Waals surface area (Å²) in [5, 5.41) is 0.768. The van der Waals surface area contributed by atoms with Crippen LogP contribution >= 0.6 is 23.2 Å². The Bertz CT molecular complexity index is 1340. The molecule has 2 amide bonds. The number of nitrogens with zero attached hydrogens (tertiary/aromatic N) is 3. The molecular weight excluding hydrogens is 535 g/mol. The molecule has 0 spiro atoms. The molecule has 0 radical (unpaired) electrons. The first-order chi connectivity index (χ1) is 17.5. The molecule has 1 N–H and O–H groups in total.